The highest BCUT2D eigenvalue weighted by Gasteiger charge is 2.36. The highest BCUT2D eigenvalue weighted by atomic mass is 16.6. The molecule has 1 aliphatic carbocycles. The van der Waals surface area contributed by atoms with E-state index in [1.807, 2.05) is 27.7 Å². The van der Waals surface area contributed by atoms with Gasteiger partial charge in [-0.2, -0.15) is 0 Å². The fourth-order valence-electron chi connectivity index (χ4n) is 1.60. The van der Waals surface area contributed by atoms with E-state index in [0.29, 0.717) is 25.0 Å². The first kappa shape index (κ1) is 14.5. The number of rotatable bonds is 6. The van der Waals surface area contributed by atoms with Crippen molar-refractivity contribution in [1.29, 1.82) is 0 Å². The van der Waals surface area contributed by atoms with Crippen LogP contribution < -0.4 is 0 Å². The van der Waals surface area contributed by atoms with E-state index in [1.54, 1.807) is 0 Å². The Balaban J connectivity index is 2.12. The minimum Gasteiger partial charge on any atom is -0.460 e. The second-order valence-corrected chi connectivity index (χ2v) is 5.91. The van der Waals surface area contributed by atoms with Gasteiger partial charge in [0, 0.05) is 13.2 Å². The number of hydrogen-bond acceptors (Lipinski definition) is 4. The molecule has 1 N–H and O–H groups in total. The predicted octanol–water partition coefficient (Wildman–Crippen LogP) is 1.61. The summed E-state index contributed by atoms with van der Waals surface area (Å²) in [6.07, 6.45) is 1.04. The van der Waals surface area contributed by atoms with Crippen molar-refractivity contribution < 1.29 is 19.4 Å². The third-order valence-corrected chi connectivity index (χ3v) is 2.81. The number of esters is 1. The van der Waals surface area contributed by atoms with Crippen molar-refractivity contribution in [3.05, 3.63) is 0 Å². The summed E-state index contributed by atoms with van der Waals surface area (Å²) in [7, 11) is 0. The van der Waals surface area contributed by atoms with Crippen molar-refractivity contribution in [2.45, 2.75) is 39.7 Å². The molecule has 1 saturated carbocycles. The number of aliphatic hydroxyl groups excluding tert-OH is 1. The zero-order valence-corrected chi connectivity index (χ0v) is 11.2. The molecule has 0 aromatic carbocycles. The van der Waals surface area contributed by atoms with Crippen LogP contribution in [0.15, 0.2) is 0 Å². The number of ether oxygens (including phenoxy) is 2. The predicted molar refractivity (Wildman–Crippen MR) is 64.5 cm³/mol. The third-order valence-electron chi connectivity index (χ3n) is 2.81. The Kier molecular flexibility index (Phi) is 4.95. The van der Waals surface area contributed by atoms with E-state index in [9.17, 15) is 4.79 Å². The van der Waals surface area contributed by atoms with Crippen molar-refractivity contribution in [1.82, 2.24) is 0 Å². The van der Waals surface area contributed by atoms with Gasteiger partial charge in [0.2, 0.25) is 0 Å². The highest BCUT2D eigenvalue weighted by Crippen LogP contribution is 2.37. The summed E-state index contributed by atoms with van der Waals surface area (Å²) in [5.74, 6) is 0.435. The lowest BCUT2D eigenvalue weighted by Crippen LogP contribution is -2.29. The van der Waals surface area contributed by atoms with Gasteiger partial charge in [-0.3, -0.25) is 4.79 Å². The average Bonchev–Trinajstić information content (AvgIpc) is 2.93. The molecule has 4 nitrogen and oxygen atoms in total. The summed E-state index contributed by atoms with van der Waals surface area (Å²) in [6, 6.07) is 0. The summed E-state index contributed by atoms with van der Waals surface area (Å²) in [4.78, 5) is 11.6. The highest BCUT2D eigenvalue weighted by molar-refractivity contribution is 5.72. The molecule has 0 radical (unpaired) electrons. The molecule has 1 rings (SSSR count). The number of hydrogen-bond donors (Lipinski definition) is 1. The monoisotopic (exact) mass is 244 g/mol. The summed E-state index contributed by atoms with van der Waals surface area (Å²) in [6.45, 7) is 8.65. The van der Waals surface area contributed by atoms with E-state index < -0.39 is 5.60 Å². The lowest BCUT2D eigenvalue weighted by molar-refractivity contribution is -0.161. The quantitative estimate of drug-likeness (QED) is 0.721. The Morgan fingerprint density at radius 3 is 2.53 bits per heavy atom. The normalized spacial score (nSPS) is 25.5. The molecule has 0 bridgehead atoms. The molecule has 0 saturated heterocycles. The van der Waals surface area contributed by atoms with Crippen molar-refractivity contribution in [2.24, 2.45) is 17.8 Å². The van der Waals surface area contributed by atoms with E-state index in [2.05, 4.69) is 0 Å². The number of carbonyl (C=O) groups is 1. The van der Waals surface area contributed by atoms with Crippen molar-refractivity contribution >= 4 is 5.97 Å². The Morgan fingerprint density at radius 1 is 1.41 bits per heavy atom. The molecule has 17 heavy (non-hydrogen) atoms. The Hall–Kier alpha value is -0.610. The van der Waals surface area contributed by atoms with Crippen LogP contribution in [0.4, 0.5) is 0 Å². The molecule has 0 aromatic heterocycles. The van der Waals surface area contributed by atoms with E-state index in [4.69, 9.17) is 14.6 Å². The molecule has 0 spiro atoms. The molecule has 4 heteroatoms. The first-order chi connectivity index (χ1) is 7.83. The van der Waals surface area contributed by atoms with Crippen molar-refractivity contribution in [3.63, 3.8) is 0 Å². The summed E-state index contributed by atoms with van der Waals surface area (Å²) >= 11 is 0. The van der Waals surface area contributed by atoms with E-state index in [0.717, 1.165) is 6.42 Å². The lowest BCUT2D eigenvalue weighted by Gasteiger charge is -2.22. The van der Waals surface area contributed by atoms with E-state index in [1.165, 1.54) is 0 Å². The second kappa shape index (κ2) is 5.83. The molecule has 3 atom stereocenters. The zero-order chi connectivity index (χ0) is 13.1. The molecule has 0 aromatic rings. The molecule has 100 valence electrons. The van der Waals surface area contributed by atoms with E-state index >= 15 is 0 Å². The zero-order valence-electron chi connectivity index (χ0n) is 11.2. The van der Waals surface area contributed by atoms with Gasteiger partial charge in [-0.1, -0.05) is 0 Å². The van der Waals surface area contributed by atoms with Gasteiger partial charge in [-0.15, -0.1) is 0 Å². The number of aliphatic hydroxyl groups is 1. The molecular formula is C13H24O4. The first-order valence-electron chi connectivity index (χ1n) is 6.25. The molecule has 0 aliphatic heterocycles. The summed E-state index contributed by atoms with van der Waals surface area (Å²) in [5.41, 5.74) is -0.441. The van der Waals surface area contributed by atoms with Gasteiger partial charge < -0.3 is 14.6 Å². The average molecular weight is 244 g/mol. The Morgan fingerprint density at radius 2 is 2.06 bits per heavy atom. The lowest BCUT2D eigenvalue weighted by atomic mass is 10.1. The van der Waals surface area contributed by atoms with Crippen LogP contribution in [0.3, 0.4) is 0 Å². The van der Waals surface area contributed by atoms with Crippen LogP contribution in [-0.4, -0.2) is 36.5 Å². The van der Waals surface area contributed by atoms with Gasteiger partial charge in [0.05, 0.1) is 12.5 Å². The van der Waals surface area contributed by atoms with Crippen LogP contribution in [0.2, 0.25) is 0 Å². The molecule has 0 heterocycles. The fourth-order valence-corrected chi connectivity index (χ4v) is 1.60. The molecule has 1 fully saturated rings. The summed E-state index contributed by atoms with van der Waals surface area (Å²) in [5, 5.41) is 8.87. The van der Waals surface area contributed by atoms with Gasteiger partial charge >= 0.3 is 5.97 Å². The second-order valence-electron chi connectivity index (χ2n) is 5.91. The van der Waals surface area contributed by atoms with Gasteiger partial charge in [0.1, 0.15) is 5.60 Å². The Bertz CT molecular complexity index is 257. The van der Waals surface area contributed by atoms with Crippen molar-refractivity contribution in [3.8, 4) is 0 Å². The fraction of sp³-hybridized carbons (Fsp3) is 0.923. The SMILES string of the molecule is CC(COC[C@@H]1C[C@@H]1CO)C(=O)OC(C)(C)C. The largest absolute Gasteiger partial charge is 0.460 e. The standard InChI is InChI=1S/C13H24O4/c1-9(12(15)17-13(2,3)4)7-16-8-11-5-10(11)6-14/h9-11,14H,5-8H2,1-4H3/t9?,10-,11+/m1/s1. The van der Waals surface area contributed by atoms with E-state index in [-0.39, 0.29) is 18.5 Å². The van der Waals surface area contributed by atoms with Crippen LogP contribution in [-0.2, 0) is 14.3 Å². The van der Waals surface area contributed by atoms with Crippen LogP contribution in [0.5, 0.6) is 0 Å². The van der Waals surface area contributed by atoms with Crippen LogP contribution in [0, 0.1) is 17.8 Å². The van der Waals surface area contributed by atoms with Gasteiger partial charge in [0.25, 0.3) is 0 Å². The van der Waals surface area contributed by atoms with Gasteiger partial charge in [0.15, 0.2) is 0 Å². The van der Waals surface area contributed by atoms with Gasteiger partial charge in [-0.25, -0.2) is 0 Å². The van der Waals surface area contributed by atoms with Gasteiger partial charge in [-0.05, 0) is 46.0 Å². The van der Waals surface area contributed by atoms with Crippen LogP contribution >= 0.6 is 0 Å². The molecule has 1 unspecified atom stereocenters. The smallest absolute Gasteiger partial charge is 0.311 e. The van der Waals surface area contributed by atoms with Crippen LogP contribution in [0.1, 0.15) is 34.1 Å². The maximum absolute atomic E-state index is 11.6. The third kappa shape index (κ3) is 5.50. The van der Waals surface area contributed by atoms with Crippen molar-refractivity contribution in [2.75, 3.05) is 19.8 Å². The molecule has 0 amide bonds. The minimum absolute atomic E-state index is 0.216. The Labute approximate surface area is 103 Å². The minimum atomic E-state index is -0.441. The summed E-state index contributed by atoms with van der Waals surface area (Å²) < 4.78 is 10.7. The molecule has 1 aliphatic rings. The maximum Gasteiger partial charge on any atom is 0.311 e. The maximum atomic E-state index is 11.6. The number of carbonyl (C=O) groups excluding carboxylic acids is 1. The first-order valence-corrected chi connectivity index (χ1v) is 6.25. The van der Waals surface area contributed by atoms with Crippen LogP contribution in [0.25, 0.3) is 0 Å². The molecular weight excluding hydrogens is 220 g/mol. The topological polar surface area (TPSA) is 55.8 Å².